The summed E-state index contributed by atoms with van der Waals surface area (Å²) in [5, 5.41) is 15.3. The summed E-state index contributed by atoms with van der Waals surface area (Å²) in [6.07, 6.45) is 5.59. The third-order valence-electron chi connectivity index (χ3n) is 5.62. The van der Waals surface area contributed by atoms with Crippen LogP contribution in [-0.2, 0) is 4.79 Å². The van der Waals surface area contributed by atoms with Crippen molar-refractivity contribution in [2.24, 2.45) is 5.92 Å². The smallest absolute Gasteiger partial charge is 0.329 e. The molecule has 6 nitrogen and oxygen atoms in total. The van der Waals surface area contributed by atoms with Crippen LogP contribution in [0.1, 0.15) is 72.6 Å². The van der Waals surface area contributed by atoms with E-state index in [1.54, 1.807) is 24.3 Å². The number of aliphatic carboxylic acids is 1. The molecule has 3 rings (SSSR count). The van der Waals surface area contributed by atoms with E-state index in [1.807, 2.05) is 0 Å². The number of benzene rings is 1. The molecule has 0 unspecified atom stereocenters. The van der Waals surface area contributed by atoms with Gasteiger partial charge in [0, 0.05) is 17.2 Å². The van der Waals surface area contributed by atoms with Crippen LogP contribution < -0.4 is 10.6 Å². The molecule has 26 heavy (non-hydrogen) atoms. The summed E-state index contributed by atoms with van der Waals surface area (Å²) in [7, 11) is 0. The first kappa shape index (κ1) is 18.4. The maximum Gasteiger partial charge on any atom is 0.329 e. The fourth-order valence-corrected chi connectivity index (χ4v) is 3.53. The molecule has 1 aromatic carbocycles. The molecular weight excluding hydrogens is 332 g/mol. The summed E-state index contributed by atoms with van der Waals surface area (Å²) in [6.45, 7) is 2.11. The first-order chi connectivity index (χ1) is 12.4. The summed E-state index contributed by atoms with van der Waals surface area (Å²) < 4.78 is 0. The van der Waals surface area contributed by atoms with E-state index in [2.05, 4.69) is 17.6 Å². The fourth-order valence-electron chi connectivity index (χ4n) is 3.53. The lowest BCUT2D eigenvalue weighted by Gasteiger charge is -2.37. The van der Waals surface area contributed by atoms with Crippen molar-refractivity contribution in [3.63, 3.8) is 0 Å². The van der Waals surface area contributed by atoms with Crippen LogP contribution in [0.3, 0.4) is 0 Å². The Morgan fingerprint density at radius 2 is 1.54 bits per heavy atom. The van der Waals surface area contributed by atoms with E-state index >= 15 is 0 Å². The number of carboxylic acid groups (broad SMARTS) is 1. The Morgan fingerprint density at radius 3 is 2.00 bits per heavy atom. The molecule has 140 valence electrons. The van der Waals surface area contributed by atoms with E-state index in [-0.39, 0.29) is 11.9 Å². The number of hydrogen-bond acceptors (Lipinski definition) is 3. The maximum atomic E-state index is 12.6. The van der Waals surface area contributed by atoms with Gasteiger partial charge in [-0.05, 0) is 68.7 Å². The molecule has 3 N–H and O–H groups in total. The largest absolute Gasteiger partial charge is 0.480 e. The summed E-state index contributed by atoms with van der Waals surface area (Å²) in [5.41, 5.74) is -0.318. The third-order valence-corrected chi connectivity index (χ3v) is 5.62. The summed E-state index contributed by atoms with van der Waals surface area (Å²) in [5.74, 6) is -0.986. The Bertz CT molecular complexity index is 686. The van der Waals surface area contributed by atoms with Gasteiger partial charge in [-0.3, -0.25) is 9.59 Å². The number of rotatable bonds is 6. The summed E-state index contributed by atoms with van der Waals surface area (Å²) in [4.78, 5) is 36.4. The SMILES string of the molecule is CCC1CCC(NC(=O)c2ccc(C(=O)NC3CC3)cc2)(C(=O)O)CC1. The third kappa shape index (κ3) is 4.06. The average Bonchev–Trinajstić information content (AvgIpc) is 3.46. The molecule has 0 bridgehead atoms. The van der Waals surface area contributed by atoms with Gasteiger partial charge in [0.25, 0.3) is 11.8 Å². The topological polar surface area (TPSA) is 95.5 Å². The molecule has 0 aliphatic heterocycles. The van der Waals surface area contributed by atoms with Gasteiger partial charge < -0.3 is 15.7 Å². The van der Waals surface area contributed by atoms with Crippen LogP contribution >= 0.6 is 0 Å². The Labute approximate surface area is 153 Å². The zero-order valence-electron chi connectivity index (χ0n) is 15.1. The second-order valence-electron chi connectivity index (χ2n) is 7.52. The predicted octanol–water partition coefficient (Wildman–Crippen LogP) is 2.73. The van der Waals surface area contributed by atoms with Crippen molar-refractivity contribution >= 4 is 17.8 Å². The second kappa shape index (κ2) is 7.48. The van der Waals surface area contributed by atoms with Gasteiger partial charge in [-0.25, -0.2) is 4.79 Å². The van der Waals surface area contributed by atoms with Gasteiger partial charge >= 0.3 is 5.97 Å². The van der Waals surface area contributed by atoms with Crippen molar-refractivity contribution in [3.05, 3.63) is 35.4 Å². The van der Waals surface area contributed by atoms with Gasteiger partial charge in [0.2, 0.25) is 0 Å². The number of amides is 2. The van der Waals surface area contributed by atoms with E-state index in [4.69, 9.17) is 0 Å². The van der Waals surface area contributed by atoms with Crippen LogP contribution in [0.15, 0.2) is 24.3 Å². The number of carboxylic acids is 1. The van der Waals surface area contributed by atoms with Gasteiger partial charge in [0.05, 0.1) is 0 Å². The molecule has 0 atom stereocenters. The zero-order valence-corrected chi connectivity index (χ0v) is 15.1. The van der Waals surface area contributed by atoms with Crippen molar-refractivity contribution in [1.29, 1.82) is 0 Å². The molecule has 0 aromatic heterocycles. The van der Waals surface area contributed by atoms with Crippen LogP contribution in [0.25, 0.3) is 0 Å². The van der Waals surface area contributed by atoms with Gasteiger partial charge in [-0.2, -0.15) is 0 Å². The highest BCUT2D eigenvalue weighted by Gasteiger charge is 2.43. The minimum atomic E-state index is -1.19. The number of nitrogens with one attached hydrogen (secondary N) is 2. The fraction of sp³-hybridized carbons (Fsp3) is 0.550. The molecular formula is C20H26N2O4. The minimum Gasteiger partial charge on any atom is -0.480 e. The van der Waals surface area contributed by atoms with Crippen molar-refractivity contribution in [3.8, 4) is 0 Å². The maximum absolute atomic E-state index is 12.6. The first-order valence-corrected chi connectivity index (χ1v) is 9.40. The predicted molar refractivity (Wildman–Crippen MR) is 97.0 cm³/mol. The monoisotopic (exact) mass is 358 g/mol. The van der Waals surface area contributed by atoms with Crippen molar-refractivity contribution < 1.29 is 19.5 Å². The molecule has 0 spiro atoms. The van der Waals surface area contributed by atoms with Gasteiger partial charge in [-0.1, -0.05) is 13.3 Å². The quantitative estimate of drug-likeness (QED) is 0.728. The molecule has 0 saturated heterocycles. The molecule has 2 aliphatic rings. The van der Waals surface area contributed by atoms with Gasteiger partial charge in [0.15, 0.2) is 0 Å². The van der Waals surface area contributed by atoms with Crippen molar-refractivity contribution in [2.45, 2.75) is 63.5 Å². The Morgan fingerprint density at radius 1 is 1.00 bits per heavy atom. The lowest BCUT2D eigenvalue weighted by atomic mass is 9.75. The van der Waals surface area contributed by atoms with Crippen molar-refractivity contribution in [1.82, 2.24) is 10.6 Å². The molecule has 1 aromatic rings. The molecule has 2 fully saturated rings. The highest BCUT2D eigenvalue weighted by Crippen LogP contribution is 2.34. The molecule has 0 radical (unpaired) electrons. The highest BCUT2D eigenvalue weighted by molar-refractivity contribution is 6.00. The van der Waals surface area contributed by atoms with Gasteiger partial charge in [-0.15, -0.1) is 0 Å². The summed E-state index contributed by atoms with van der Waals surface area (Å²) >= 11 is 0. The van der Waals surface area contributed by atoms with Crippen LogP contribution in [-0.4, -0.2) is 34.5 Å². The van der Waals surface area contributed by atoms with Crippen LogP contribution in [0.4, 0.5) is 0 Å². The molecule has 0 heterocycles. The number of carbonyl (C=O) groups excluding carboxylic acids is 2. The Kier molecular flexibility index (Phi) is 5.30. The van der Waals surface area contributed by atoms with E-state index in [0.29, 0.717) is 29.9 Å². The zero-order chi connectivity index (χ0) is 18.7. The molecule has 2 amide bonds. The average molecular weight is 358 g/mol. The number of hydrogen-bond donors (Lipinski definition) is 3. The summed E-state index contributed by atoms with van der Waals surface area (Å²) in [6, 6.07) is 6.63. The van der Waals surface area contributed by atoms with E-state index in [9.17, 15) is 19.5 Å². The van der Waals surface area contributed by atoms with Crippen LogP contribution in [0.5, 0.6) is 0 Å². The first-order valence-electron chi connectivity index (χ1n) is 9.40. The lowest BCUT2D eigenvalue weighted by Crippen LogP contribution is -2.56. The normalized spacial score (nSPS) is 25.3. The van der Waals surface area contributed by atoms with Crippen molar-refractivity contribution in [2.75, 3.05) is 0 Å². The second-order valence-corrected chi connectivity index (χ2v) is 7.52. The lowest BCUT2D eigenvalue weighted by molar-refractivity contribution is -0.146. The van der Waals surface area contributed by atoms with E-state index in [0.717, 1.165) is 32.1 Å². The molecule has 2 saturated carbocycles. The number of carbonyl (C=O) groups is 3. The molecule has 2 aliphatic carbocycles. The van der Waals surface area contributed by atoms with E-state index < -0.39 is 17.4 Å². The van der Waals surface area contributed by atoms with Crippen LogP contribution in [0, 0.1) is 5.92 Å². The van der Waals surface area contributed by atoms with E-state index in [1.165, 1.54) is 0 Å². The molecule has 6 heteroatoms. The van der Waals surface area contributed by atoms with Crippen LogP contribution in [0.2, 0.25) is 0 Å². The Hall–Kier alpha value is -2.37. The highest BCUT2D eigenvalue weighted by atomic mass is 16.4. The standard InChI is InChI=1S/C20H26N2O4/c1-2-13-9-11-20(12-10-13,19(25)26)22-18(24)15-5-3-14(4-6-15)17(23)21-16-7-8-16/h3-6,13,16H,2,7-12H2,1H3,(H,21,23)(H,22,24)(H,25,26). The van der Waals surface area contributed by atoms with Gasteiger partial charge in [0.1, 0.15) is 5.54 Å². The minimum absolute atomic E-state index is 0.139. The Balaban J connectivity index is 1.65.